The van der Waals surface area contributed by atoms with Crippen LogP contribution in [0.1, 0.15) is 81.0 Å². The highest BCUT2D eigenvalue weighted by Gasteiger charge is 2.56. The lowest BCUT2D eigenvalue weighted by Crippen LogP contribution is -2.70. The number of ether oxygens (including phenoxy) is 3. The molecular weight excluding hydrogens is 698 g/mol. The average Bonchev–Trinajstić information content (AvgIpc) is 3.60. The summed E-state index contributed by atoms with van der Waals surface area (Å²) in [5, 5.41) is 55.1. The van der Waals surface area contributed by atoms with Crippen molar-refractivity contribution in [3.05, 3.63) is 100 Å². The molecule has 3 aromatic carbocycles. The fourth-order valence-corrected chi connectivity index (χ4v) is 9.06. The molecule has 15 nitrogen and oxygen atoms in total. The van der Waals surface area contributed by atoms with Gasteiger partial charge in [0.05, 0.1) is 18.5 Å². The van der Waals surface area contributed by atoms with Gasteiger partial charge in [-0.3, -0.25) is 30.8 Å². The third kappa shape index (κ3) is 5.33. The SMILES string of the molecule is NC1NC(=O)C2NCN(c3ccccc3C3C=COC4(CCCCC4)C4OC(Oc5c3cc3c(c5O)C(=O)c5ccccc5C3=O)C(O)C(O)C4O)C2N1. The van der Waals surface area contributed by atoms with Gasteiger partial charge in [-0.25, -0.2) is 0 Å². The minimum absolute atomic E-state index is 0.0492. The van der Waals surface area contributed by atoms with Gasteiger partial charge in [-0.2, -0.15) is 0 Å². The molecule has 282 valence electrons. The van der Waals surface area contributed by atoms with Gasteiger partial charge in [0.2, 0.25) is 12.2 Å². The summed E-state index contributed by atoms with van der Waals surface area (Å²) in [4.78, 5) is 43.0. The molecule has 1 amide bonds. The number of rotatable bonds is 2. The lowest BCUT2D eigenvalue weighted by molar-refractivity contribution is -0.308. The van der Waals surface area contributed by atoms with E-state index in [9.17, 15) is 34.8 Å². The smallest absolute Gasteiger partial charge is 0.242 e. The minimum Gasteiger partial charge on any atom is -0.504 e. The maximum absolute atomic E-state index is 14.1. The lowest BCUT2D eigenvalue weighted by atomic mass is 9.76. The van der Waals surface area contributed by atoms with E-state index in [2.05, 4.69) is 16.0 Å². The Kier molecular flexibility index (Phi) is 8.50. The molecule has 2 aliphatic carbocycles. The summed E-state index contributed by atoms with van der Waals surface area (Å²) < 4.78 is 19.3. The van der Waals surface area contributed by atoms with Gasteiger partial charge in [-0.1, -0.05) is 48.9 Å². The third-order valence-electron chi connectivity index (χ3n) is 11.7. The second kappa shape index (κ2) is 13.2. The molecule has 4 aliphatic heterocycles. The zero-order valence-corrected chi connectivity index (χ0v) is 29.1. The summed E-state index contributed by atoms with van der Waals surface area (Å²) >= 11 is 0. The monoisotopic (exact) mass is 739 g/mol. The fraction of sp³-hybridized carbons (Fsp3) is 0.410. The second-order valence-electron chi connectivity index (χ2n) is 14.8. The topological polar surface area (TPSA) is 225 Å². The largest absolute Gasteiger partial charge is 0.504 e. The van der Waals surface area contributed by atoms with Gasteiger partial charge in [0, 0.05) is 33.9 Å². The molecule has 0 aromatic heterocycles. The Morgan fingerprint density at radius 3 is 2.35 bits per heavy atom. The van der Waals surface area contributed by atoms with Crippen LogP contribution in [0.15, 0.2) is 66.9 Å². The number of anilines is 1. The van der Waals surface area contributed by atoms with Gasteiger partial charge in [0.25, 0.3) is 0 Å². The quantitative estimate of drug-likeness (QED) is 0.142. The summed E-state index contributed by atoms with van der Waals surface area (Å²) in [5.74, 6) is -3.11. The highest BCUT2D eigenvalue weighted by atomic mass is 16.7. The van der Waals surface area contributed by atoms with Crippen molar-refractivity contribution in [2.45, 2.75) is 92.8 Å². The molecule has 1 spiro atoms. The first-order valence-electron chi connectivity index (χ1n) is 18.3. The van der Waals surface area contributed by atoms with Crippen LogP contribution in [0.4, 0.5) is 5.69 Å². The first kappa shape index (κ1) is 34.9. The van der Waals surface area contributed by atoms with Crippen LogP contribution in [-0.4, -0.2) is 99.4 Å². The van der Waals surface area contributed by atoms with E-state index >= 15 is 0 Å². The van der Waals surface area contributed by atoms with Gasteiger partial charge < -0.3 is 44.9 Å². The summed E-state index contributed by atoms with van der Waals surface area (Å²) in [6.45, 7) is 0.262. The van der Waals surface area contributed by atoms with E-state index in [1.807, 2.05) is 29.2 Å². The molecule has 54 heavy (non-hydrogen) atoms. The number of allylic oxidation sites excluding steroid dienone is 1. The van der Waals surface area contributed by atoms with E-state index < -0.39 is 78.0 Å². The highest BCUT2D eigenvalue weighted by molar-refractivity contribution is 6.29. The van der Waals surface area contributed by atoms with Gasteiger partial charge >= 0.3 is 0 Å². The Labute approximate surface area is 309 Å². The van der Waals surface area contributed by atoms with Crippen molar-refractivity contribution in [3.8, 4) is 11.5 Å². The zero-order valence-electron chi connectivity index (χ0n) is 29.1. The summed E-state index contributed by atoms with van der Waals surface area (Å²) in [5.41, 5.74) is 6.52. The van der Waals surface area contributed by atoms with Crippen LogP contribution < -0.4 is 31.3 Å². The number of aliphatic hydroxyl groups is 3. The van der Waals surface area contributed by atoms with E-state index in [0.29, 0.717) is 24.1 Å². The normalized spacial score (nSPS) is 32.6. The standard InChI is InChI=1S/C39H41N5O10/c40-38-42-35-26(36(51)43-38)41-17-44(35)24-11-5-4-8-19(24)18-12-15-52-39(13-6-1-7-14-39)34-31(49)30(48)32(50)37(54-34)53-33-22(18)16-23-25(29(33)47)28(46)21-10-3-2-9-20(21)27(23)45/h2-5,8-12,15-16,18,26,30-32,34-35,37-38,41-42,47-50H,1,6-7,13-14,17,40H2,(H,43,51). The highest BCUT2D eigenvalue weighted by Crippen LogP contribution is 2.50. The Morgan fingerprint density at radius 2 is 1.57 bits per heavy atom. The molecular formula is C39H41N5O10. The Hall–Kier alpha value is -4.87. The number of carbonyl (C=O) groups is 3. The van der Waals surface area contributed by atoms with Crippen LogP contribution in [0.2, 0.25) is 0 Å². The third-order valence-corrected chi connectivity index (χ3v) is 11.7. The average molecular weight is 740 g/mol. The predicted molar refractivity (Wildman–Crippen MR) is 190 cm³/mol. The van der Waals surface area contributed by atoms with E-state index in [1.54, 1.807) is 24.3 Å². The van der Waals surface area contributed by atoms with Crippen molar-refractivity contribution in [3.63, 3.8) is 0 Å². The Bertz CT molecular complexity index is 2070. The number of fused-ring (bicyclic) bond motifs is 7. The van der Waals surface area contributed by atoms with Crippen LogP contribution >= 0.6 is 0 Å². The van der Waals surface area contributed by atoms with Crippen molar-refractivity contribution in [1.82, 2.24) is 16.0 Å². The number of aromatic hydroxyl groups is 1. The molecule has 9 rings (SSSR count). The van der Waals surface area contributed by atoms with Gasteiger partial charge in [0.15, 0.2) is 23.1 Å². The number of carbonyl (C=O) groups excluding carboxylic acids is 3. The Balaban J connectivity index is 1.26. The molecule has 15 heteroatoms. The number of benzene rings is 3. The lowest BCUT2D eigenvalue weighted by Gasteiger charge is -2.49. The molecule has 3 saturated heterocycles. The molecule has 4 heterocycles. The van der Waals surface area contributed by atoms with Crippen molar-refractivity contribution >= 4 is 23.2 Å². The maximum Gasteiger partial charge on any atom is 0.242 e. The first-order chi connectivity index (χ1) is 26.1. The molecule has 9 atom stereocenters. The number of nitrogens with zero attached hydrogens (tertiary/aromatic N) is 1. The fourth-order valence-electron chi connectivity index (χ4n) is 9.06. The summed E-state index contributed by atoms with van der Waals surface area (Å²) in [6.07, 6.45) is -2.53. The number of nitrogens with one attached hydrogen (secondary N) is 3. The van der Waals surface area contributed by atoms with Crippen molar-refractivity contribution in [2.24, 2.45) is 5.73 Å². The van der Waals surface area contributed by atoms with Gasteiger partial charge in [-0.05, 0) is 49.5 Å². The van der Waals surface area contributed by atoms with Crippen LogP contribution in [0, 0.1) is 0 Å². The Morgan fingerprint density at radius 1 is 0.852 bits per heavy atom. The number of para-hydroxylation sites is 1. The molecule has 0 radical (unpaired) electrons. The number of phenols is 1. The number of hydrogen-bond donors (Lipinski definition) is 8. The zero-order chi connectivity index (χ0) is 37.5. The van der Waals surface area contributed by atoms with E-state index in [-0.39, 0.29) is 46.1 Å². The maximum atomic E-state index is 14.1. The van der Waals surface area contributed by atoms with Crippen LogP contribution in [-0.2, 0) is 14.3 Å². The second-order valence-corrected chi connectivity index (χ2v) is 14.8. The molecule has 2 bridgehead atoms. The molecule has 1 saturated carbocycles. The van der Waals surface area contributed by atoms with E-state index in [1.165, 1.54) is 18.4 Å². The summed E-state index contributed by atoms with van der Waals surface area (Å²) in [6, 6.07) is 14.6. The number of phenolic OH excluding ortho intramolecular Hbond substituents is 1. The molecule has 9 N–H and O–H groups in total. The number of nitrogens with two attached hydrogens (primary N) is 1. The first-order valence-corrected chi connectivity index (χ1v) is 18.3. The molecule has 4 fully saturated rings. The molecule has 3 aromatic rings. The number of ketones is 2. The number of aliphatic hydroxyl groups excluding tert-OH is 3. The number of hydrogen-bond acceptors (Lipinski definition) is 14. The number of amides is 1. The van der Waals surface area contributed by atoms with Crippen molar-refractivity contribution in [1.29, 1.82) is 0 Å². The molecule has 9 unspecified atom stereocenters. The van der Waals surface area contributed by atoms with Crippen molar-refractivity contribution in [2.75, 3.05) is 11.6 Å². The van der Waals surface area contributed by atoms with Crippen LogP contribution in [0.3, 0.4) is 0 Å². The minimum atomic E-state index is -1.78. The van der Waals surface area contributed by atoms with Gasteiger partial charge in [0.1, 0.15) is 48.5 Å². The van der Waals surface area contributed by atoms with Gasteiger partial charge in [-0.15, -0.1) is 0 Å². The van der Waals surface area contributed by atoms with E-state index in [0.717, 1.165) is 19.3 Å². The molecule has 6 aliphatic rings. The van der Waals surface area contributed by atoms with E-state index in [4.69, 9.17) is 19.9 Å². The summed E-state index contributed by atoms with van der Waals surface area (Å²) in [7, 11) is 0. The van der Waals surface area contributed by atoms with Crippen LogP contribution in [0.5, 0.6) is 11.5 Å². The predicted octanol–water partition coefficient (Wildman–Crippen LogP) is 0.756. The van der Waals surface area contributed by atoms with Crippen molar-refractivity contribution < 1.29 is 49.0 Å². The van der Waals surface area contributed by atoms with Crippen LogP contribution in [0.25, 0.3) is 0 Å².